The number of amides is 1. The molecule has 0 atom stereocenters. The van der Waals surface area contributed by atoms with Gasteiger partial charge in [0, 0.05) is 5.56 Å². The Bertz CT molecular complexity index is 1120. The number of thiazole rings is 1. The van der Waals surface area contributed by atoms with E-state index >= 15 is 0 Å². The third kappa shape index (κ3) is 3.36. The Kier molecular flexibility index (Phi) is 4.49. The van der Waals surface area contributed by atoms with E-state index in [-0.39, 0.29) is 18.0 Å². The minimum absolute atomic E-state index is 0.188. The number of para-hydroxylation sites is 1. The van der Waals surface area contributed by atoms with Crippen LogP contribution in [0.25, 0.3) is 10.2 Å². The summed E-state index contributed by atoms with van der Waals surface area (Å²) in [6, 6.07) is 14.1. The second kappa shape index (κ2) is 6.96. The van der Waals surface area contributed by atoms with Crippen molar-refractivity contribution in [3.63, 3.8) is 0 Å². The molecular formula is C21H17FN2O2S. The number of hydrogen-bond donors (Lipinski definition) is 0. The van der Waals surface area contributed by atoms with Gasteiger partial charge in [-0.25, -0.2) is 9.37 Å². The number of furan rings is 1. The summed E-state index contributed by atoms with van der Waals surface area (Å²) in [5.74, 6) is 0.0487. The molecule has 0 radical (unpaired) electrons. The maximum atomic E-state index is 14.1. The van der Waals surface area contributed by atoms with E-state index in [1.54, 1.807) is 35.4 Å². The molecule has 0 bridgehead atoms. The van der Waals surface area contributed by atoms with E-state index in [9.17, 15) is 9.18 Å². The van der Waals surface area contributed by atoms with Gasteiger partial charge in [0.15, 0.2) is 5.13 Å². The number of anilines is 1. The van der Waals surface area contributed by atoms with Crippen LogP contribution in [0.5, 0.6) is 0 Å². The van der Waals surface area contributed by atoms with E-state index in [4.69, 9.17) is 4.42 Å². The number of aromatic nitrogens is 1. The molecule has 2 aromatic carbocycles. The average Bonchev–Trinajstić information content (AvgIpc) is 3.31. The first-order valence-electron chi connectivity index (χ1n) is 8.49. The molecule has 136 valence electrons. The molecule has 2 heterocycles. The average molecular weight is 380 g/mol. The van der Waals surface area contributed by atoms with Crippen molar-refractivity contribution in [1.29, 1.82) is 0 Å². The number of nitrogens with zero attached hydrogens (tertiary/aromatic N) is 2. The fourth-order valence-electron chi connectivity index (χ4n) is 2.92. The van der Waals surface area contributed by atoms with Gasteiger partial charge in [0.2, 0.25) is 0 Å². The van der Waals surface area contributed by atoms with Gasteiger partial charge in [-0.3, -0.25) is 9.69 Å². The highest BCUT2D eigenvalue weighted by atomic mass is 32.1. The van der Waals surface area contributed by atoms with Gasteiger partial charge in [-0.2, -0.15) is 0 Å². The minimum Gasteiger partial charge on any atom is -0.467 e. The van der Waals surface area contributed by atoms with Gasteiger partial charge < -0.3 is 4.42 Å². The second-order valence-corrected chi connectivity index (χ2v) is 7.38. The maximum Gasteiger partial charge on any atom is 0.260 e. The van der Waals surface area contributed by atoms with Gasteiger partial charge in [-0.15, -0.1) is 0 Å². The van der Waals surface area contributed by atoms with Gasteiger partial charge in [-0.1, -0.05) is 35.1 Å². The smallest absolute Gasteiger partial charge is 0.260 e. The minimum atomic E-state index is -0.396. The molecule has 0 unspecified atom stereocenters. The quantitative estimate of drug-likeness (QED) is 0.470. The lowest BCUT2D eigenvalue weighted by atomic mass is 10.0. The van der Waals surface area contributed by atoms with Gasteiger partial charge in [0.05, 0.1) is 17.5 Å². The summed E-state index contributed by atoms with van der Waals surface area (Å²) >= 11 is 1.29. The largest absolute Gasteiger partial charge is 0.467 e. The van der Waals surface area contributed by atoms with Crippen molar-refractivity contribution in [3.05, 3.63) is 83.1 Å². The highest BCUT2D eigenvalue weighted by Gasteiger charge is 2.24. The molecule has 0 fully saturated rings. The Balaban J connectivity index is 1.81. The van der Waals surface area contributed by atoms with Crippen LogP contribution in [0.4, 0.5) is 9.52 Å². The molecule has 27 heavy (non-hydrogen) atoms. The Morgan fingerprint density at radius 2 is 2.04 bits per heavy atom. The molecular weight excluding hydrogens is 363 g/mol. The molecule has 0 saturated heterocycles. The number of carbonyl (C=O) groups is 1. The molecule has 4 nitrogen and oxygen atoms in total. The summed E-state index contributed by atoms with van der Waals surface area (Å²) in [7, 11) is 0. The number of fused-ring (bicyclic) bond motifs is 1. The van der Waals surface area contributed by atoms with E-state index in [2.05, 4.69) is 4.98 Å². The van der Waals surface area contributed by atoms with Crippen molar-refractivity contribution < 1.29 is 13.6 Å². The predicted molar refractivity (Wildman–Crippen MR) is 105 cm³/mol. The Labute approximate surface area is 159 Å². The maximum absolute atomic E-state index is 14.1. The summed E-state index contributed by atoms with van der Waals surface area (Å²) in [5.41, 5.74) is 2.75. The fraction of sp³-hybridized carbons (Fsp3) is 0.143. The van der Waals surface area contributed by atoms with E-state index < -0.39 is 5.82 Å². The molecule has 2 aromatic heterocycles. The van der Waals surface area contributed by atoms with E-state index in [1.165, 1.54) is 17.4 Å². The summed E-state index contributed by atoms with van der Waals surface area (Å²) in [5, 5.41) is 0.442. The lowest BCUT2D eigenvalue weighted by molar-refractivity contribution is 0.0982. The normalized spacial score (nSPS) is 11.1. The number of rotatable bonds is 4. The highest BCUT2D eigenvalue weighted by molar-refractivity contribution is 7.22. The number of hydrogen-bond acceptors (Lipinski definition) is 4. The van der Waals surface area contributed by atoms with Crippen molar-refractivity contribution in [2.75, 3.05) is 4.90 Å². The SMILES string of the molecule is Cc1ccc(C)c(C(=O)N(Cc2ccco2)c2nc3c(F)cccc3s2)c1. The first kappa shape index (κ1) is 17.4. The monoisotopic (exact) mass is 380 g/mol. The Morgan fingerprint density at radius 1 is 1.19 bits per heavy atom. The van der Waals surface area contributed by atoms with E-state index in [0.717, 1.165) is 11.1 Å². The third-order valence-electron chi connectivity index (χ3n) is 4.35. The topological polar surface area (TPSA) is 46.3 Å². The van der Waals surface area contributed by atoms with Crippen molar-refractivity contribution >= 4 is 32.6 Å². The lowest BCUT2D eigenvalue weighted by Gasteiger charge is -2.20. The van der Waals surface area contributed by atoms with Crippen LogP contribution in [0.1, 0.15) is 27.2 Å². The zero-order chi connectivity index (χ0) is 19.0. The second-order valence-electron chi connectivity index (χ2n) is 6.37. The summed E-state index contributed by atoms with van der Waals surface area (Å²) < 4.78 is 20.2. The molecule has 0 aliphatic carbocycles. The summed E-state index contributed by atoms with van der Waals surface area (Å²) in [6.07, 6.45) is 1.56. The summed E-state index contributed by atoms with van der Waals surface area (Å²) in [4.78, 5) is 19.3. The Hall–Kier alpha value is -2.99. The molecule has 1 amide bonds. The first-order chi connectivity index (χ1) is 13.0. The highest BCUT2D eigenvalue weighted by Crippen LogP contribution is 2.32. The van der Waals surface area contributed by atoms with Crippen molar-refractivity contribution in [3.8, 4) is 0 Å². The molecule has 4 aromatic rings. The van der Waals surface area contributed by atoms with Crippen LogP contribution in [-0.4, -0.2) is 10.9 Å². The van der Waals surface area contributed by atoms with Crippen LogP contribution in [0.15, 0.2) is 59.2 Å². The lowest BCUT2D eigenvalue weighted by Crippen LogP contribution is -2.30. The van der Waals surface area contributed by atoms with Crippen molar-refractivity contribution in [1.82, 2.24) is 4.98 Å². The first-order valence-corrected chi connectivity index (χ1v) is 9.31. The van der Waals surface area contributed by atoms with Crippen LogP contribution >= 0.6 is 11.3 Å². The molecule has 0 aliphatic rings. The number of halogens is 1. The van der Waals surface area contributed by atoms with E-state index in [0.29, 0.717) is 21.2 Å². The Morgan fingerprint density at radius 3 is 2.78 bits per heavy atom. The van der Waals surface area contributed by atoms with E-state index in [1.807, 2.05) is 32.0 Å². The van der Waals surface area contributed by atoms with Crippen LogP contribution in [0.2, 0.25) is 0 Å². The zero-order valence-electron chi connectivity index (χ0n) is 14.9. The molecule has 4 rings (SSSR count). The number of benzene rings is 2. The number of carbonyl (C=O) groups excluding carboxylic acids is 1. The molecule has 0 spiro atoms. The van der Waals surface area contributed by atoms with Crippen LogP contribution in [-0.2, 0) is 6.54 Å². The molecule has 6 heteroatoms. The standard InChI is InChI=1S/C21H17FN2O2S/c1-13-8-9-14(2)16(11-13)20(25)24(12-15-5-4-10-26-15)21-23-19-17(22)6-3-7-18(19)27-21/h3-11H,12H2,1-2H3. The van der Waals surface area contributed by atoms with Crippen LogP contribution in [0.3, 0.4) is 0 Å². The zero-order valence-corrected chi connectivity index (χ0v) is 15.7. The van der Waals surface area contributed by atoms with Gasteiger partial charge in [-0.05, 0) is 49.7 Å². The van der Waals surface area contributed by atoms with Crippen molar-refractivity contribution in [2.24, 2.45) is 0 Å². The fourth-order valence-corrected chi connectivity index (χ4v) is 3.89. The van der Waals surface area contributed by atoms with Gasteiger partial charge in [0.1, 0.15) is 17.1 Å². The number of aryl methyl sites for hydroxylation is 2. The third-order valence-corrected chi connectivity index (χ3v) is 5.40. The van der Waals surface area contributed by atoms with Crippen LogP contribution < -0.4 is 4.90 Å². The van der Waals surface area contributed by atoms with Crippen LogP contribution in [0, 0.1) is 19.7 Å². The summed E-state index contributed by atoms with van der Waals surface area (Å²) in [6.45, 7) is 4.07. The molecule has 0 N–H and O–H groups in total. The molecule has 0 aliphatic heterocycles. The molecule has 0 saturated carbocycles. The van der Waals surface area contributed by atoms with Gasteiger partial charge >= 0.3 is 0 Å². The van der Waals surface area contributed by atoms with Crippen molar-refractivity contribution in [2.45, 2.75) is 20.4 Å². The predicted octanol–water partition coefficient (Wildman–Crippen LogP) is 5.49. The van der Waals surface area contributed by atoms with Gasteiger partial charge in [0.25, 0.3) is 5.91 Å².